The second-order valence-corrected chi connectivity index (χ2v) is 16.3. The van der Waals surface area contributed by atoms with Gasteiger partial charge in [-0.15, -0.1) is 20.4 Å². The Balaban J connectivity index is 1.19. The summed E-state index contributed by atoms with van der Waals surface area (Å²) < 4.78 is 54.5. The van der Waals surface area contributed by atoms with Gasteiger partial charge in [-0.3, -0.25) is 0 Å². The van der Waals surface area contributed by atoms with Crippen LogP contribution >= 0.6 is 0 Å². The number of nitrogens with zero attached hydrogens (tertiary/aromatic N) is 8. The summed E-state index contributed by atoms with van der Waals surface area (Å²) in [7, 11) is -7.92. The van der Waals surface area contributed by atoms with E-state index in [0.29, 0.717) is 33.4 Å². The highest BCUT2D eigenvalue weighted by Gasteiger charge is 2.26. The van der Waals surface area contributed by atoms with E-state index in [1.807, 2.05) is 62.4 Å². The van der Waals surface area contributed by atoms with Crippen molar-refractivity contribution in [2.45, 2.75) is 23.6 Å². The van der Waals surface area contributed by atoms with E-state index in [2.05, 4.69) is 20.4 Å². The van der Waals surface area contributed by atoms with Gasteiger partial charge in [-0.25, -0.2) is 16.8 Å². The maximum atomic E-state index is 13.1. The van der Waals surface area contributed by atoms with Gasteiger partial charge in [0.1, 0.15) is 22.1 Å². The molecule has 54 heavy (non-hydrogen) atoms. The Morgan fingerprint density at radius 2 is 0.870 bits per heavy atom. The van der Waals surface area contributed by atoms with Crippen molar-refractivity contribution < 1.29 is 37.3 Å². The molecule has 2 aromatic heterocycles. The van der Waals surface area contributed by atoms with Gasteiger partial charge in [0.05, 0.1) is 47.6 Å². The molecule has 0 spiro atoms. The molecule has 16 nitrogen and oxygen atoms in total. The van der Waals surface area contributed by atoms with Crippen molar-refractivity contribution in [1.29, 1.82) is 0 Å². The predicted molar refractivity (Wildman–Crippen MR) is 202 cm³/mol. The second-order valence-electron chi connectivity index (χ2n) is 12.4. The molecule has 0 saturated carbocycles. The molecule has 4 N–H and O–H groups in total. The van der Waals surface area contributed by atoms with Crippen molar-refractivity contribution in [3.8, 4) is 11.4 Å². The Morgan fingerprint density at radius 3 is 1.20 bits per heavy atom. The Bertz CT molecular complexity index is 2370. The van der Waals surface area contributed by atoms with Gasteiger partial charge in [0, 0.05) is 26.2 Å². The van der Waals surface area contributed by atoms with E-state index in [9.17, 15) is 37.3 Å². The fourth-order valence-corrected chi connectivity index (χ4v) is 8.80. The maximum Gasteiger partial charge on any atom is 0.243 e. The van der Waals surface area contributed by atoms with Crippen LogP contribution in [0, 0.1) is 13.8 Å². The van der Waals surface area contributed by atoms with Crippen LogP contribution in [-0.4, -0.2) is 128 Å². The summed E-state index contributed by atoms with van der Waals surface area (Å²) in [6.45, 7) is 1.85. The smallest absolute Gasteiger partial charge is 0.243 e. The van der Waals surface area contributed by atoms with Crippen molar-refractivity contribution in [2.75, 3.05) is 52.6 Å². The first kappa shape index (κ1) is 38.8. The van der Waals surface area contributed by atoms with Gasteiger partial charge in [0.25, 0.3) is 0 Å². The fraction of sp³-hybridized carbons (Fsp3) is 0.278. The number of sulfonamides is 2. The zero-order valence-electron chi connectivity index (χ0n) is 29.6. The molecular formula is C36H40N8O8S2. The minimum Gasteiger partial charge on any atom is -0.395 e. The molecule has 6 aromatic rings. The van der Waals surface area contributed by atoms with Crippen molar-refractivity contribution in [2.24, 2.45) is 0 Å². The molecule has 0 aliphatic heterocycles. The highest BCUT2D eigenvalue weighted by molar-refractivity contribution is 7.89. The van der Waals surface area contributed by atoms with Crippen LogP contribution in [0.5, 0.6) is 0 Å². The predicted octanol–water partition coefficient (Wildman–Crippen LogP) is 1.89. The molecule has 0 aliphatic carbocycles. The Labute approximate surface area is 311 Å². The highest BCUT2D eigenvalue weighted by atomic mass is 32.2. The molecule has 6 rings (SSSR count). The van der Waals surface area contributed by atoms with Crippen LogP contribution in [0.4, 0.5) is 0 Å². The molecule has 0 bridgehead atoms. The lowest BCUT2D eigenvalue weighted by Crippen LogP contribution is -2.35. The standard InChI is InChI=1S/C36H40N8O8S2/c1-25-21-29(43-37-33-11-9-31(23-35(33)39-43)53(49,50)41(13-17-45)14-18-46)7-5-27(25)3-4-28-6-8-30(22-26(28)2)44-38-34-12-10-32(24-36(34)40-44)54(51,52)42(15-19-47)16-20-48/h3-12,21-24,45-48H,13-20H2,1-2H3. The van der Waals surface area contributed by atoms with Gasteiger partial charge in [0.15, 0.2) is 0 Å². The molecule has 0 fully saturated rings. The fourth-order valence-electron chi connectivity index (χ4n) is 5.91. The highest BCUT2D eigenvalue weighted by Crippen LogP contribution is 2.25. The molecule has 0 atom stereocenters. The van der Waals surface area contributed by atoms with Crippen molar-refractivity contribution in [3.63, 3.8) is 0 Å². The number of rotatable bonds is 16. The van der Waals surface area contributed by atoms with E-state index in [-0.39, 0.29) is 62.4 Å². The summed E-state index contributed by atoms with van der Waals surface area (Å²) in [4.78, 5) is 2.87. The van der Waals surface area contributed by atoms with Gasteiger partial charge in [-0.1, -0.05) is 24.3 Å². The summed E-state index contributed by atoms with van der Waals surface area (Å²) in [6.07, 6.45) is 3.99. The van der Waals surface area contributed by atoms with Crippen LogP contribution in [-0.2, 0) is 20.0 Å². The third-order valence-electron chi connectivity index (χ3n) is 8.79. The lowest BCUT2D eigenvalue weighted by Gasteiger charge is -2.20. The van der Waals surface area contributed by atoms with Crippen LogP contribution in [0.25, 0.3) is 45.6 Å². The first-order valence-corrected chi connectivity index (χ1v) is 19.9. The van der Waals surface area contributed by atoms with E-state index in [1.165, 1.54) is 33.9 Å². The number of hydrogen-bond donors (Lipinski definition) is 4. The zero-order valence-corrected chi connectivity index (χ0v) is 31.2. The first-order valence-electron chi connectivity index (χ1n) is 17.0. The number of aromatic nitrogens is 6. The maximum absolute atomic E-state index is 13.1. The Morgan fingerprint density at radius 1 is 0.519 bits per heavy atom. The third-order valence-corrected chi connectivity index (χ3v) is 12.6. The number of fused-ring (bicyclic) bond motifs is 2. The van der Waals surface area contributed by atoms with Gasteiger partial charge >= 0.3 is 0 Å². The van der Waals surface area contributed by atoms with E-state index in [0.717, 1.165) is 30.9 Å². The van der Waals surface area contributed by atoms with Gasteiger partial charge in [0.2, 0.25) is 20.0 Å². The molecular weight excluding hydrogens is 737 g/mol. The molecule has 18 heteroatoms. The number of aliphatic hydroxyl groups excluding tert-OH is 4. The van der Waals surface area contributed by atoms with Crippen LogP contribution in [0.2, 0.25) is 0 Å². The number of aryl methyl sites for hydroxylation is 2. The first-order chi connectivity index (χ1) is 25.9. The average Bonchev–Trinajstić information content (AvgIpc) is 3.79. The number of benzene rings is 4. The number of hydrogen-bond acceptors (Lipinski definition) is 12. The quantitative estimate of drug-likeness (QED) is 0.104. The van der Waals surface area contributed by atoms with Crippen molar-refractivity contribution in [1.82, 2.24) is 38.6 Å². The largest absolute Gasteiger partial charge is 0.395 e. The summed E-state index contributed by atoms with van der Waals surface area (Å²) in [5.74, 6) is 0. The lowest BCUT2D eigenvalue weighted by atomic mass is 10.0. The normalized spacial score (nSPS) is 12.7. The Hall–Kier alpha value is -4.92. The van der Waals surface area contributed by atoms with Gasteiger partial charge in [-0.2, -0.15) is 18.2 Å². The minimum absolute atomic E-state index is 0.0113. The minimum atomic E-state index is -3.96. The third kappa shape index (κ3) is 7.96. The summed E-state index contributed by atoms with van der Waals surface area (Å²) in [5, 5.41) is 55.3. The molecule has 0 radical (unpaired) electrons. The van der Waals surface area contributed by atoms with Crippen LogP contribution < -0.4 is 0 Å². The van der Waals surface area contributed by atoms with E-state index in [4.69, 9.17) is 0 Å². The molecule has 0 aliphatic rings. The second kappa shape index (κ2) is 16.2. The van der Waals surface area contributed by atoms with E-state index < -0.39 is 20.0 Å². The SMILES string of the molecule is Cc1cc(-n2nc3ccc(S(=O)(=O)N(CCO)CCO)cc3n2)ccc1C=Cc1ccc(-n2nc3ccc(S(=O)(=O)N(CCO)CCO)cc3n2)cc1C. The summed E-state index contributed by atoms with van der Waals surface area (Å²) >= 11 is 0. The van der Waals surface area contributed by atoms with Crippen LogP contribution in [0.3, 0.4) is 0 Å². The molecule has 4 aromatic carbocycles. The van der Waals surface area contributed by atoms with E-state index in [1.54, 1.807) is 12.1 Å². The molecule has 2 heterocycles. The summed E-state index contributed by atoms with van der Waals surface area (Å²) in [5.41, 5.74) is 6.95. The number of aliphatic hydroxyl groups is 4. The topological polar surface area (TPSA) is 217 Å². The molecule has 284 valence electrons. The van der Waals surface area contributed by atoms with Crippen molar-refractivity contribution >= 4 is 54.3 Å². The zero-order chi connectivity index (χ0) is 38.6. The van der Waals surface area contributed by atoms with Gasteiger partial charge < -0.3 is 20.4 Å². The van der Waals surface area contributed by atoms with E-state index >= 15 is 0 Å². The molecule has 0 unspecified atom stereocenters. The van der Waals surface area contributed by atoms with Gasteiger partial charge in [-0.05, 0) is 96.8 Å². The average molecular weight is 777 g/mol. The Kier molecular flexibility index (Phi) is 11.6. The lowest BCUT2D eigenvalue weighted by molar-refractivity contribution is 0.217. The molecule has 0 saturated heterocycles. The van der Waals surface area contributed by atoms with Crippen LogP contribution in [0.15, 0.2) is 82.6 Å². The summed E-state index contributed by atoms with van der Waals surface area (Å²) in [6, 6.07) is 20.3. The van der Waals surface area contributed by atoms with Crippen molar-refractivity contribution in [3.05, 3.63) is 95.1 Å². The monoisotopic (exact) mass is 776 g/mol. The van der Waals surface area contributed by atoms with Crippen LogP contribution in [0.1, 0.15) is 22.3 Å². The molecule has 0 amide bonds.